The van der Waals surface area contributed by atoms with Gasteiger partial charge in [0.15, 0.2) is 21.5 Å². The van der Waals surface area contributed by atoms with Gasteiger partial charge in [-0.25, -0.2) is 27.2 Å². The number of fused-ring (bicyclic) bond motifs is 2. The van der Waals surface area contributed by atoms with Gasteiger partial charge in [0.2, 0.25) is 11.2 Å². The summed E-state index contributed by atoms with van der Waals surface area (Å²) in [7, 11) is -5.55. The second-order valence-electron chi connectivity index (χ2n) is 12.4. The first-order chi connectivity index (χ1) is 25.4. The number of aryl methyl sites for hydroxylation is 2. The Balaban J connectivity index is 0.000000193. The molecule has 18 heteroatoms. The van der Waals surface area contributed by atoms with Crippen molar-refractivity contribution in [2.24, 2.45) is 0 Å². The third-order valence-corrected chi connectivity index (χ3v) is 12.9. The molecule has 3 aliphatic rings. The summed E-state index contributed by atoms with van der Waals surface area (Å²) in [5.41, 5.74) is 3.49. The molecule has 8 rings (SSSR count). The summed E-state index contributed by atoms with van der Waals surface area (Å²) in [6, 6.07) is 19.0. The zero-order valence-electron chi connectivity index (χ0n) is 28.3. The van der Waals surface area contributed by atoms with Crippen LogP contribution in [-0.2, 0) is 44.3 Å². The van der Waals surface area contributed by atoms with E-state index in [2.05, 4.69) is 35.4 Å². The summed E-state index contributed by atoms with van der Waals surface area (Å²) in [5.74, 6) is 1.70. The van der Waals surface area contributed by atoms with Crippen LogP contribution in [0.2, 0.25) is 5.28 Å². The molecule has 0 saturated carbocycles. The molecule has 276 valence electrons. The molecular weight excluding hydrogens is 766 g/mol. The minimum absolute atomic E-state index is 0.0940. The third kappa shape index (κ3) is 8.48. The lowest BCUT2D eigenvalue weighted by Crippen LogP contribution is -2.47. The van der Waals surface area contributed by atoms with Gasteiger partial charge in [0, 0.05) is 73.8 Å². The maximum atomic E-state index is 13.7. The normalized spacial score (nSPS) is 17.8. The maximum Gasteiger partial charge on any atom is 0.227 e. The second kappa shape index (κ2) is 15.4. The quantitative estimate of drug-likeness (QED) is 0.202. The van der Waals surface area contributed by atoms with Crippen LogP contribution in [0.3, 0.4) is 0 Å². The molecule has 0 radical (unpaired) electrons. The van der Waals surface area contributed by atoms with Crippen molar-refractivity contribution >= 4 is 77.7 Å². The number of hydrogen-bond donors (Lipinski definition) is 2. The van der Waals surface area contributed by atoms with Crippen molar-refractivity contribution in [2.45, 2.75) is 27.5 Å². The van der Waals surface area contributed by atoms with Crippen molar-refractivity contribution in [3.63, 3.8) is 0 Å². The molecule has 2 atom stereocenters. The Kier molecular flexibility index (Phi) is 10.7. The van der Waals surface area contributed by atoms with E-state index in [0.717, 1.165) is 24.5 Å². The van der Waals surface area contributed by atoms with Gasteiger partial charge in [-0.15, -0.1) is 0 Å². The molecule has 5 aromatic rings. The van der Waals surface area contributed by atoms with Gasteiger partial charge < -0.3 is 20.4 Å². The van der Waals surface area contributed by atoms with E-state index >= 15 is 0 Å². The average Bonchev–Trinajstić information content (AvgIpc) is 3.70. The molecule has 3 aliphatic heterocycles. The largest absolute Gasteiger partial charge is 0.368 e. The zero-order chi connectivity index (χ0) is 37.3. The van der Waals surface area contributed by atoms with Gasteiger partial charge in [0.1, 0.15) is 21.4 Å². The predicted molar refractivity (Wildman–Crippen MR) is 202 cm³/mol. The van der Waals surface area contributed by atoms with Crippen molar-refractivity contribution in [2.75, 3.05) is 64.4 Å². The van der Waals surface area contributed by atoms with Gasteiger partial charge in [-0.1, -0.05) is 12.1 Å². The Morgan fingerprint density at radius 1 is 0.698 bits per heavy atom. The number of rotatable bonds is 7. The van der Waals surface area contributed by atoms with Crippen molar-refractivity contribution < 1.29 is 25.6 Å². The molecule has 0 spiro atoms. The van der Waals surface area contributed by atoms with Crippen LogP contribution >= 0.6 is 11.6 Å². The summed E-state index contributed by atoms with van der Waals surface area (Å²) in [6.45, 7) is 2.79. The van der Waals surface area contributed by atoms with E-state index in [1.807, 2.05) is 12.1 Å². The van der Waals surface area contributed by atoms with E-state index in [1.165, 1.54) is 30.5 Å². The van der Waals surface area contributed by atoms with Crippen molar-refractivity contribution in [1.29, 1.82) is 0 Å². The van der Waals surface area contributed by atoms with Crippen LogP contribution in [0.15, 0.2) is 87.5 Å². The molecule has 53 heavy (non-hydrogen) atoms. The van der Waals surface area contributed by atoms with Crippen molar-refractivity contribution in [3.8, 4) is 0 Å². The summed E-state index contributed by atoms with van der Waals surface area (Å²) < 4.78 is 74.7. The van der Waals surface area contributed by atoms with Gasteiger partial charge in [-0.05, 0) is 72.3 Å². The molecule has 2 unspecified atom stereocenters. The number of benzene rings is 3. The Labute approximate surface area is 314 Å². The summed E-state index contributed by atoms with van der Waals surface area (Å²) in [5, 5.41) is 6.18. The first-order valence-electron chi connectivity index (χ1n) is 16.5. The fraction of sp³-hybridized carbons (Fsp3) is 0.257. The van der Waals surface area contributed by atoms with Gasteiger partial charge in [-0.2, -0.15) is 9.97 Å². The number of sulfone groups is 1. The third-order valence-electron chi connectivity index (χ3n) is 8.70. The lowest BCUT2D eigenvalue weighted by molar-refractivity contribution is 0.601. The molecule has 2 aromatic heterocycles. The van der Waals surface area contributed by atoms with E-state index in [9.17, 15) is 25.6 Å². The number of aromatic nitrogens is 4. The highest BCUT2D eigenvalue weighted by Gasteiger charge is 2.29. The molecule has 1 fully saturated rings. The second-order valence-corrected chi connectivity index (χ2v) is 17.7. The topological polar surface area (TPSA) is 150 Å². The van der Waals surface area contributed by atoms with Crippen LogP contribution in [0, 0.1) is 11.6 Å². The molecule has 2 N–H and O–H groups in total. The minimum atomic E-state index is -3.23. The summed E-state index contributed by atoms with van der Waals surface area (Å²) in [4.78, 5) is 23.2. The van der Waals surface area contributed by atoms with E-state index in [-0.39, 0.29) is 16.9 Å². The molecule has 12 nitrogen and oxygen atoms in total. The smallest absolute Gasteiger partial charge is 0.227 e. The monoisotopic (exact) mass is 798 g/mol. The van der Waals surface area contributed by atoms with Crippen LogP contribution in [0.25, 0.3) is 0 Å². The van der Waals surface area contributed by atoms with E-state index in [0.29, 0.717) is 86.8 Å². The van der Waals surface area contributed by atoms with Crippen LogP contribution in [0.1, 0.15) is 11.4 Å². The number of piperazine rings is 1. The van der Waals surface area contributed by atoms with Gasteiger partial charge in [-0.3, -0.25) is 8.42 Å². The standard InChI is InChI=1S/C23H24FN5O3S2.C12H9ClFN3OS/c1-34(31,32)19-7-5-18(6-8-19)28-10-12-29(13-11-28)23-26-20-9-14-33(30)21(20)22(27-23)25-17-4-2-3-16(24)15-17;13-12-16-9-4-5-19(18)10(9)11(17-12)15-8-3-1-2-7(14)6-8/h2-8,15H,9-14H2,1H3,(H,25,26,27);1-3,6H,4-5H2,(H,15,16,17). The molecular formula is C35H33ClF2N8O4S3. The Morgan fingerprint density at radius 2 is 1.21 bits per heavy atom. The lowest BCUT2D eigenvalue weighted by atomic mass is 10.2. The maximum absolute atomic E-state index is 13.7. The Hall–Kier alpha value is -4.58. The Morgan fingerprint density at radius 3 is 1.74 bits per heavy atom. The highest BCUT2D eigenvalue weighted by Crippen LogP contribution is 2.33. The fourth-order valence-electron chi connectivity index (χ4n) is 6.14. The molecule has 1 saturated heterocycles. The van der Waals surface area contributed by atoms with Gasteiger partial charge >= 0.3 is 0 Å². The highest BCUT2D eigenvalue weighted by molar-refractivity contribution is 7.90. The molecule has 3 aromatic carbocycles. The Bertz CT molecular complexity index is 2350. The first-order valence-corrected chi connectivity index (χ1v) is 21.4. The number of nitrogens with zero attached hydrogens (tertiary/aromatic N) is 6. The number of halogens is 3. The van der Waals surface area contributed by atoms with E-state index < -0.39 is 31.4 Å². The van der Waals surface area contributed by atoms with E-state index in [4.69, 9.17) is 16.6 Å². The number of anilines is 6. The highest BCUT2D eigenvalue weighted by atomic mass is 35.5. The summed E-state index contributed by atoms with van der Waals surface area (Å²) in [6.07, 6.45) is 2.42. The van der Waals surface area contributed by atoms with Crippen molar-refractivity contribution in [1.82, 2.24) is 19.9 Å². The number of nitrogens with one attached hydrogen (secondary N) is 2. The zero-order valence-corrected chi connectivity index (χ0v) is 31.5. The molecule has 0 aliphatic carbocycles. The van der Waals surface area contributed by atoms with Gasteiger partial charge in [0.05, 0.1) is 37.9 Å². The fourth-order valence-corrected chi connectivity index (χ4v) is 9.56. The van der Waals surface area contributed by atoms with Gasteiger partial charge in [0.25, 0.3) is 0 Å². The number of hydrogen-bond acceptors (Lipinski definition) is 12. The molecule has 0 bridgehead atoms. The predicted octanol–water partition coefficient (Wildman–Crippen LogP) is 5.43. The van der Waals surface area contributed by atoms with Crippen LogP contribution in [-0.4, -0.2) is 80.7 Å². The SMILES string of the molecule is CS(=O)(=O)c1ccc(N2CCN(c3nc4c(c(Nc5cccc(F)c5)n3)S(=O)CC4)CC2)cc1.O=S1CCc2nc(Cl)nc(Nc3cccc(F)c3)c21. The molecule has 5 heterocycles. The van der Waals surface area contributed by atoms with E-state index in [1.54, 1.807) is 36.4 Å². The minimum Gasteiger partial charge on any atom is -0.368 e. The average molecular weight is 799 g/mol. The summed E-state index contributed by atoms with van der Waals surface area (Å²) >= 11 is 5.84. The van der Waals surface area contributed by atoms with Crippen LogP contribution in [0.5, 0.6) is 0 Å². The first kappa shape index (κ1) is 36.8. The van der Waals surface area contributed by atoms with Crippen LogP contribution < -0.4 is 20.4 Å². The lowest BCUT2D eigenvalue weighted by Gasteiger charge is -2.36. The molecule has 0 amide bonds. The van der Waals surface area contributed by atoms with Crippen LogP contribution in [0.4, 0.5) is 43.4 Å². The van der Waals surface area contributed by atoms with Crippen molar-refractivity contribution in [3.05, 3.63) is 101 Å².